The lowest BCUT2D eigenvalue weighted by Gasteiger charge is -2.22. The summed E-state index contributed by atoms with van der Waals surface area (Å²) in [5, 5.41) is 9.49. The molecule has 1 heterocycles. The van der Waals surface area contributed by atoms with Crippen LogP contribution in [0.4, 0.5) is 5.69 Å². The van der Waals surface area contributed by atoms with Crippen molar-refractivity contribution in [3.05, 3.63) is 143 Å². The number of benzene rings is 5. The second-order valence-electron chi connectivity index (χ2n) is 11.2. The number of hydrogen-bond donors (Lipinski definition) is 0. The summed E-state index contributed by atoms with van der Waals surface area (Å²) in [6, 6.07) is 40.2. The van der Waals surface area contributed by atoms with Gasteiger partial charge in [-0.3, -0.25) is 0 Å². The molecule has 0 aliphatic heterocycles. The average Bonchev–Trinajstić information content (AvgIpc) is 3.30. The molecule has 0 radical (unpaired) electrons. The molecule has 0 saturated carbocycles. The lowest BCUT2D eigenvalue weighted by Crippen LogP contribution is -2.15. The number of hydrogen-bond acceptors (Lipinski definition) is 4. The van der Waals surface area contributed by atoms with Gasteiger partial charge >= 0.3 is 0 Å². The van der Waals surface area contributed by atoms with Crippen molar-refractivity contribution in [2.75, 3.05) is 0 Å². The highest BCUT2D eigenvalue weighted by atomic mass is 15.0. The normalized spacial score (nSPS) is 12.6. The molecule has 5 heteroatoms. The van der Waals surface area contributed by atoms with Gasteiger partial charge in [-0.2, -0.15) is 5.26 Å². The van der Waals surface area contributed by atoms with Crippen LogP contribution in [0, 0.1) is 17.9 Å². The molecule has 0 N–H and O–H groups in total. The van der Waals surface area contributed by atoms with Crippen LogP contribution in [-0.4, -0.2) is 15.0 Å². The summed E-state index contributed by atoms with van der Waals surface area (Å²) in [5.74, 6) is 1.67. The fraction of sp³-hybridized carbons (Fsp3) is 0.0789. The third-order valence-electron chi connectivity index (χ3n) is 8.14. The summed E-state index contributed by atoms with van der Waals surface area (Å²) >= 11 is 0. The van der Waals surface area contributed by atoms with E-state index in [4.69, 9.17) is 21.5 Å². The van der Waals surface area contributed by atoms with Crippen LogP contribution >= 0.6 is 0 Å². The number of aromatic nitrogens is 3. The molecule has 1 aromatic heterocycles. The maximum absolute atomic E-state index is 9.49. The van der Waals surface area contributed by atoms with Crippen molar-refractivity contribution >= 4 is 5.69 Å². The van der Waals surface area contributed by atoms with Crippen molar-refractivity contribution in [1.29, 1.82) is 5.26 Å². The highest BCUT2D eigenvalue weighted by Gasteiger charge is 2.35. The Bertz CT molecular complexity index is 2060. The third kappa shape index (κ3) is 4.54. The third-order valence-corrected chi connectivity index (χ3v) is 8.14. The number of nitriles is 1. The highest BCUT2D eigenvalue weighted by molar-refractivity contribution is 5.85. The van der Waals surface area contributed by atoms with E-state index in [0.717, 1.165) is 38.9 Å². The maximum Gasteiger partial charge on any atom is 0.188 e. The van der Waals surface area contributed by atoms with Crippen molar-refractivity contribution in [3.8, 4) is 62.5 Å². The lowest BCUT2D eigenvalue weighted by atomic mass is 9.81. The fourth-order valence-corrected chi connectivity index (χ4v) is 5.90. The van der Waals surface area contributed by atoms with E-state index in [1.165, 1.54) is 11.1 Å². The van der Waals surface area contributed by atoms with Crippen LogP contribution in [0.5, 0.6) is 0 Å². The minimum absolute atomic E-state index is 0.267. The molecule has 202 valence electrons. The van der Waals surface area contributed by atoms with E-state index >= 15 is 0 Å². The summed E-state index contributed by atoms with van der Waals surface area (Å²) in [5.41, 5.74) is 10.1. The molecular weight excluding hydrogens is 526 g/mol. The molecule has 1 aliphatic rings. The first-order chi connectivity index (χ1) is 20.9. The molecule has 5 nitrogen and oxygen atoms in total. The highest BCUT2D eigenvalue weighted by Crippen LogP contribution is 2.50. The second kappa shape index (κ2) is 10.2. The van der Waals surface area contributed by atoms with Crippen LogP contribution in [0.1, 0.15) is 30.5 Å². The van der Waals surface area contributed by atoms with E-state index in [-0.39, 0.29) is 5.41 Å². The van der Waals surface area contributed by atoms with Gasteiger partial charge in [0, 0.05) is 22.1 Å². The van der Waals surface area contributed by atoms with Gasteiger partial charge < -0.3 is 0 Å². The Kier molecular flexibility index (Phi) is 6.16. The van der Waals surface area contributed by atoms with E-state index < -0.39 is 0 Å². The minimum Gasteiger partial charge on any atom is -0.238 e. The minimum atomic E-state index is -0.267. The molecule has 0 amide bonds. The van der Waals surface area contributed by atoms with Crippen LogP contribution in [0.25, 0.3) is 61.3 Å². The van der Waals surface area contributed by atoms with E-state index in [1.54, 1.807) is 0 Å². The predicted octanol–water partition coefficient (Wildman–Crippen LogP) is 9.27. The molecule has 0 saturated heterocycles. The van der Waals surface area contributed by atoms with E-state index in [2.05, 4.69) is 49.0 Å². The van der Waals surface area contributed by atoms with Crippen LogP contribution in [0.15, 0.2) is 115 Å². The largest absolute Gasteiger partial charge is 0.238 e. The van der Waals surface area contributed by atoms with Gasteiger partial charge in [0.15, 0.2) is 23.2 Å². The molecule has 6 aromatic rings. The Hall–Kier alpha value is -5.91. The zero-order valence-corrected chi connectivity index (χ0v) is 23.7. The molecule has 43 heavy (non-hydrogen) atoms. The molecule has 7 rings (SSSR count). The monoisotopic (exact) mass is 551 g/mol. The molecular formula is C38H25N5. The van der Waals surface area contributed by atoms with Crippen molar-refractivity contribution in [2.45, 2.75) is 19.3 Å². The van der Waals surface area contributed by atoms with Gasteiger partial charge in [-0.15, -0.1) is 0 Å². The van der Waals surface area contributed by atoms with Gasteiger partial charge in [0.1, 0.15) is 0 Å². The van der Waals surface area contributed by atoms with Crippen LogP contribution < -0.4 is 0 Å². The van der Waals surface area contributed by atoms with Crippen molar-refractivity contribution < 1.29 is 0 Å². The second-order valence-corrected chi connectivity index (χ2v) is 11.2. The van der Waals surface area contributed by atoms with E-state index in [0.29, 0.717) is 28.7 Å². The Labute approximate surface area is 250 Å². The smallest absolute Gasteiger partial charge is 0.188 e. The Morgan fingerprint density at radius 1 is 0.581 bits per heavy atom. The first kappa shape index (κ1) is 26.0. The van der Waals surface area contributed by atoms with Gasteiger partial charge in [-0.25, -0.2) is 19.8 Å². The van der Waals surface area contributed by atoms with Crippen LogP contribution in [-0.2, 0) is 5.41 Å². The van der Waals surface area contributed by atoms with Crippen molar-refractivity contribution in [3.63, 3.8) is 0 Å². The SMILES string of the molecule is [C-]#[N+]c1cc(-c2ccc3c(c2)C(C)(C)c2cc(C#N)ccc2-3)cc(-c2nc(-c3ccccc3)nc(-c3ccccc3)n2)c1. The number of fused-ring (bicyclic) bond motifs is 3. The first-order valence-electron chi connectivity index (χ1n) is 14.0. The van der Waals surface area contributed by atoms with Gasteiger partial charge in [0.25, 0.3) is 0 Å². The molecule has 0 bridgehead atoms. The molecule has 1 aliphatic carbocycles. The summed E-state index contributed by atoms with van der Waals surface area (Å²) in [6.07, 6.45) is 0. The molecule has 0 atom stereocenters. The first-order valence-corrected chi connectivity index (χ1v) is 14.0. The van der Waals surface area contributed by atoms with Crippen molar-refractivity contribution in [2.24, 2.45) is 0 Å². The van der Waals surface area contributed by atoms with Gasteiger partial charge in [-0.1, -0.05) is 92.7 Å². The molecule has 5 aromatic carbocycles. The number of rotatable bonds is 4. The summed E-state index contributed by atoms with van der Waals surface area (Å²) in [4.78, 5) is 18.4. The zero-order chi connectivity index (χ0) is 29.6. The Morgan fingerprint density at radius 2 is 1.12 bits per heavy atom. The standard InChI is InChI=1S/C38H25N5/c1-38(2)33-18-24(23-39)14-16-31(33)32-17-15-27(22-34(32)38)28-19-29(21-30(20-28)40-3)37-42-35(25-10-6-4-7-11-25)41-36(43-37)26-12-8-5-9-13-26/h4-22H,1-2H3. The quantitative estimate of drug-likeness (QED) is 0.205. The molecule has 0 unspecified atom stereocenters. The predicted molar refractivity (Wildman–Crippen MR) is 170 cm³/mol. The van der Waals surface area contributed by atoms with Gasteiger partial charge in [0.2, 0.25) is 0 Å². The summed E-state index contributed by atoms with van der Waals surface area (Å²) in [7, 11) is 0. The van der Waals surface area contributed by atoms with Gasteiger partial charge in [-0.05, 0) is 69.8 Å². The zero-order valence-electron chi connectivity index (χ0n) is 23.7. The van der Waals surface area contributed by atoms with Gasteiger partial charge in [0.05, 0.1) is 18.2 Å². The molecule has 0 spiro atoms. The Morgan fingerprint density at radius 3 is 1.70 bits per heavy atom. The summed E-state index contributed by atoms with van der Waals surface area (Å²) < 4.78 is 0. The number of nitrogens with zero attached hydrogens (tertiary/aromatic N) is 5. The van der Waals surface area contributed by atoms with E-state index in [1.807, 2.05) is 91.0 Å². The maximum atomic E-state index is 9.49. The fourth-order valence-electron chi connectivity index (χ4n) is 5.90. The lowest BCUT2D eigenvalue weighted by molar-refractivity contribution is 0.660. The van der Waals surface area contributed by atoms with E-state index in [9.17, 15) is 5.26 Å². The summed E-state index contributed by atoms with van der Waals surface area (Å²) in [6.45, 7) is 12.3. The van der Waals surface area contributed by atoms with Crippen LogP contribution in [0.3, 0.4) is 0 Å². The molecule has 0 fully saturated rings. The average molecular weight is 552 g/mol. The van der Waals surface area contributed by atoms with Crippen LogP contribution in [0.2, 0.25) is 0 Å². The van der Waals surface area contributed by atoms with Crippen molar-refractivity contribution in [1.82, 2.24) is 15.0 Å². The Balaban J connectivity index is 1.37. The topological polar surface area (TPSA) is 66.8 Å².